The number of β-amino-alcohol motifs (C(OH)–C–C–N with tert-alkyl or cyclic N) is 2. The van der Waals surface area contributed by atoms with Crippen LogP contribution in [0.25, 0.3) is 38.3 Å². The van der Waals surface area contributed by atoms with E-state index in [4.69, 9.17) is 0 Å². The summed E-state index contributed by atoms with van der Waals surface area (Å²) in [4.78, 5) is 62.9. The van der Waals surface area contributed by atoms with Gasteiger partial charge in [0.05, 0.1) is 52.1 Å². The first-order valence-electron chi connectivity index (χ1n) is 28.3. The minimum Gasteiger partial charge on any atom is -0.395 e. The van der Waals surface area contributed by atoms with Gasteiger partial charge in [-0.05, 0) is 97.6 Å². The van der Waals surface area contributed by atoms with E-state index >= 15 is 8.78 Å². The van der Waals surface area contributed by atoms with Gasteiger partial charge in [0.1, 0.15) is 29.9 Å². The molecule has 4 fully saturated rings. The topological polar surface area (TPSA) is 240 Å². The molecule has 448 valence electrons. The van der Waals surface area contributed by atoms with Gasteiger partial charge in [0.15, 0.2) is 5.82 Å². The fraction of sp³-hybridized carbons (Fsp3) is 0.450. The van der Waals surface area contributed by atoms with E-state index in [9.17, 15) is 42.5 Å². The molecule has 0 bridgehead atoms. The molecule has 0 saturated carbocycles. The minimum atomic E-state index is -4.39. The largest absolute Gasteiger partial charge is 0.395 e. The van der Waals surface area contributed by atoms with Crippen LogP contribution >= 0.6 is 11.3 Å². The van der Waals surface area contributed by atoms with Crippen LogP contribution in [0.1, 0.15) is 73.6 Å². The third-order valence-corrected chi connectivity index (χ3v) is 19.1. The van der Waals surface area contributed by atoms with Gasteiger partial charge in [-0.2, -0.15) is 12.7 Å². The molecule has 19 nitrogen and oxygen atoms in total. The van der Waals surface area contributed by atoms with Crippen LogP contribution in [-0.4, -0.2) is 184 Å². The average molecular weight is 1200 g/mol. The number of hydrogen-bond donors (Lipinski definition) is 7. The first kappa shape index (κ1) is 60.5. The molecule has 4 aliphatic heterocycles. The molecular formula is C60H72F3N11O8S2. The van der Waals surface area contributed by atoms with Crippen LogP contribution in [0.3, 0.4) is 0 Å². The van der Waals surface area contributed by atoms with Gasteiger partial charge in [-0.25, -0.2) is 23.1 Å². The van der Waals surface area contributed by atoms with E-state index in [1.165, 1.54) is 11.1 Å². The zero-order valence-corrected chi connectivity index (χ0v) is 49.0. The molecule has 6 atom stereocenters. The number of aliphatic hydroxyl groups excluding tert-OH is 3. The Morgan fingerprint density at radius 1 is 0.917 bits per heavy atom. The number of thiazole rings is 1. The molecule has 4 aliphatic rings. The molecule has 0 spiro atoms. The van der Waals surface area contributed by atoms with Gasteiger partial charge < -0.3 is 35.4 Å². The lowest BCUT2D eigenvalue weighted by atomic mass is 9.85. The Kier molecular flexibility index (Phi) is 18.1. The van der Waals surface area contributed by atoms with Crippen molar-refractivity contribution in [3.63, 3.8) is 0 Å². The number of likely N-dealkylation sites (tertiary alicyclic amines) is 2. The van der Waals surface area contributed by atoms with Gasteiger partial charge in [-0.15, -0.1) is 11.3 Å². The van der Waals surface area contributed by atoms with Crippen molar-refractivity contribution in [1.29, 1.82) is 0 Å². The number of anilines is 2. The van der Waals surface area contributed by atoms with Gasteiger partial charge in [0.2, 0.25) is 17.6 Å². The summed E-state index contributed by atoms with van der Waals surface area (Å²) in [5.74, 6) is -4.10. The lowest BCUT2D eigenvalue weighted by molar-refractivity contribution is -0.143. The zero-order valence-electron chi connectivity index (χ0n) is 47.4. The highest BCUT2D eigenvalue weighted by Gasteiger charge is 2.45. The molecular weight excluding hydrogens is 1120 g/mol. The summed E-state index contributed by atoms with van der Waals surface area (Å²) in [6.07, 6.45) is 1.40. The molecule has 0 aliphatic carbocycles. The number of aryl methyl sites for hydroxylation is 1. The van der Waals surface area contributed by atoms with Gasteiger partial charge in [-0.1, -0.05) is 63.7 Å². The fourth-order valence-corrected chi connectivity index (χ4v) is 14.0. The number of nitrogens with zero attached hydrogens (tertiary/aromatic N) is 7. The SMILES string of the molecule is C=C(NC(=O)[C@@H]1C[C@@H](O)CN1C(=O)[C@@H](NC(O)CN1CCC(CN2CCN(c3ccc(-c4cnc5[nH]cc(C(=O)c6c(F)ccc(NS(=O)(=O)N7CC[C@@H](F)C7)c6F)c5c4)cc3)C[C@H]2CO)CC1)C(C)(C)C)c1ccc(-c2scnc2C)cc1. The van der Waals surface area contributed by atoms with E-state index in [2.05, 4.69) is 46.9 Å². The zero-order chi connectivity index (χ0) is 59.8. The molecule has 24 heteroatoms. The van der Waals surface area contributed by atoms with Crippen molar-refractivity contribution < 1.29 is 51.3 Å². The van der Waals surface area contributed by atoms with E-state index in [1.807, 2.05) is 80.9 Å². The number of carbonyl (C=O) groups excluding carboxylic acids is 3. The maximum atomic E-state index is 15.9. The van der Waals surface area contributed by atoms with Crippen molar-refractivity contribution in [2.45, 2.75) is 90.0 Å². The van der Waals surface area contributed by atoms with E-state index in [0.717, 1.165) is 89.4 Å². The number of carbonyl (C=O) groups is 3. The molecule has 10 rings (SSSR count). The predicted molar refractivity (Wildman–Crippen MR) is 317 cm³/mol. The number of fused-ring (bicyclic) bond motifs is 1. The number of aromatic amines is 1. The lowest BCUT2D eigenvalue weighted by Gasteiger charge is -2.44. The first-order chi connectivity index (χ1) is 40.0. The highest BCUT2D eigenvalue weighted by Crippen LogP contribution is 2.34. The summed E-state index contributed by atoms with van der Waals surface area (Å²) >= 11 is 1.55. The number of ketones is 1. The monoisotopic (exact) mass is 1200 g/mol. The Balaban J connectivity index is 0.701. The van der Waals surface area contributed by atoms with Gasteiger partial charge in [0.25, 0.3) is 0 Å². The summed E-state index contributed by atoms with van der Waals surface area (Å²) in [5.41, 5.74) is 5.09. The van der Waals surface area contributed by atoms with E-state index in [1.54, 1.807) is 29.1 Å². The number of alkyl halides is 1. The normalized spacial score (nSPS) is 21.3. The highest BCUT2D eigenvalue weighted by atomic mass is 32.2. The Hall–Kier alpha value is -6.61. The number of aliphatic hydroxyl groups is 3. The number of piperazine rings is 1. The number of nitrogens with one attached hydrogen (secondary N) is 4. The number of halogens is 3. The number of rotatable bonds is 19. The van der Waals surface area contributed by atoms with Crippen LogP contribution in [0, 0.1) is 29.9 Å². The Labute approximate surface area is 490 Å². The van der Waals surface area contributed by atoms with Gasteiger partial charge in [-0.3, -0.25) is 34.2 Å². The lowest BCUT2D eigenvalue weighted by Crippen LogP contribution is -2.60. The van der Waals surface area contributed by atoms with Crippen molar-refractivity contribution in [3.05, 3.63) is 125 Å². The van der Waals surface area contributed by atoms with Crippen molar-refractivity contribution >= 4 is 67.2 Å². The average Bonchev–Trinajstić information content (AvgIpc) is 4.01. The van der Waals surface area contributed by atoms with Crippen LogP contribution in [0.2, 0.25) is 0 Å². The number of pyridine rings is 1. The summed E-state index contributed by atoms with van der Waals surface area (Å²) in [5, 5.41) is 39.3. The molecule has 84 heavy (non-hydrogen) atoms. The van der Waals surface area contributed by atoms with Crippen LogP contribution in [-0.2, 0) is 19.8 Å². The molecule has 3 aromatic carbocycles. The number of amides is 2. The third-order valence-electron chi connectivity index (χ3n) is 16.6. The predicted octanol–water partition coefficient (Wildman–Crippen LogP) is 6.14. The van der Waals surface area contributed by atoms with Crippen molar-refractivity contribution in [1.82, 2.24) is 44.6 Å². The Bertz CT molecular complexity index is 3500. The second-order valence-electron chi connectivity index (χ2n) is 23.5. The van der Waals surface area contributed by atoms with Crippen LogP contribution < -0.4 is 20.3 Å². The maximum absolute atomic E-state index is 15.9. The standard InChI is InChI=1S/C60H72F3N11O8S2/c1-35(38-6-8-40(9-7-38)55-36(2)66-34-83-55)67-58(79)50-25-45(76)31-74(50)59(80)56(60(3,4)5)68-51(77)32-70-19-16-37(17-20-70)28-71-22-23-72(30-44(71)33-75)43-12-10-39(11-13-43)41-24-46-47(27-65-57(46)64-26-41)54(78)52-48(62)14-15-49(53(52)63)69-84(81,82)73-21-18-42(61)29-73/h6-15,24,26-27,34,37,42,44-45,50-51,56,68-69,75-77H,1,16-23,25,28-33H2,2-5H3,(H,64,65)(H,67,79)/t42-,44+,45-,50+,51?,56-/m1/s1. The summed E-state index contributed by atoms with van der Waals surface area (Å²) < 4.78 is 73.5. The number of benzene rings is 3. The smallest absolute Gasteiger partial charge is 0.301 e. The van der Waals surface area contributed by atoms with Crippen molar-refractivity contribution in [3.8, 4) is 21.6 Å². The third kappa shape index (κ3) is 13.3. The number of H-pyrrole nitrogens is 1. The molecule has 6 aromatic rings. The second kappa shape index (κ2) is 25.2. The fourth-order valence-electron chi connectivity index (χ4n) is 11.9. The molecule has 0 radical (unpaired) electrons. The minimum absolute atomic E-state index is 0.0136. The van der Waals surface area contributed by atoms with Gasteiger partial charge in [0, 0.05) is 99.1 Å². The number of hydrogen-bond acceptors (Lipinski definition) is 15. The number of aromatic nitrogens is 3. The van der Waals surface area contributed by atoms with E-state index < -0.39 is 87.3 Å². The summed E-state index contributed by atoms with van der Waals surface area (Å²) in [6.45, 7) is 15.8. The van der Waals surface area contributed by atoms with E-state index in [0.29, 0.717) is 40.3 Å². The van der Waals surface area contributed by atoms with Gasteiger partial charge >= 0.3 is 10.2 Å². The Morgan fingerprint density at radius 2 is 1.64 bits per heavy atom. The number of piperidine rings is 1. The maximum Gasteiger partial charge on any atom is 0.301 e. The van der Waals surface area contributed by atoms with E-state index in [-0.39, 0.29) is 56.6 Å². The molecule has 2 amide bonds. The second-order valence-corrected chi connectivity index (χ2v) is 26.1. The van der Waals surface area contributed by atoms with Crippen LogP contribution in [0.5, 0.6) is 0 Å². The summed E-state index contributed by atoms with van der Waals surface area (Å²) in [7, 11) is -4.39. The van der Waals surface area contributed by atoms with Crippen LogP contribution in [0.4, 0.5) is 24.5 Å². The molecule has 4 saturated heterocycles. The molecule has 1 unspecified atom stereocenters. The summed E-state index contributed by atoms with van der Waals surface area (Å²) in [6, 6.07) is 16.8. The molecule has 7 heterocycles. The van der Waals surface area contributed by atoms with Crippen molar-refractivity contribution in [2.24, 2.45) is 11.3 Å². The quantitative estimate of drug-likeness (QED) is 0.0357. The highest BCUT2D eigenvalue weighted by molar-refractivity contribution is 7.90. The first-order valence-corrected chi connectivity index (χ1v) is 30.6. The van der Waals surface area contributed by atoms with Crippen molar-refractivity contribution in [2.75, 3.05) is 81.7 Å². The Morgan fingerprint density at radius 3 is 2.31 bits per heavy atom. The molecule has 7 N–H and O–H groups in total. The van der Waals surface area contributed by atoms with Crippen LogP contribution in [0.15, 0.2) is 91.2 Å². The molecule has 3 aromatic heterocycles.